The molecule has 104 valence electrons. The molecule has 0 bridgehead atoms. The Bertz CT molecular complexity index is 681. The van der Waals surface area contributed by atoms with Gasteiger partial charge in [-0.25, -0.2) is 4.79 Å². The molecule has 0 aromatic heterocycles. The second kappa shape index (κ2) is 5.48. The van der Waals surface area contributed by atoms with E-state index in [1.165, 1.54) is 19.2 Å². The summed E-state index contributed by atoms with van der Waals surface area (Å²) in [5.74, 6) is -1.18. The maximum Gasteiger partial charge on any atom is 0.342 e. The van der Waals surface area contributed by atoms with E-state index in [2.05, 4.69) is 4.74 Å². The third kappa shape index (κ3) is 2.80. The van der Waals surface area contributed by atoms with Crippen molar-refractivity contribution in [1.29, 1.82) is 0 Å². The molecular formula is C14H13NO5. The van der Waals surface area contributed by atoms with Gasteiger partial charge in [-0.1, -0.05) is 6.07 Å². The van der Waals surface area contributed by atoms with Crippen molar-refractivity contribution < 1.29 is 24.2 Å². The van der Waals surface area contributed by atoms with Gasteiger partial charge >= 0.3 is 5.97 Å². The van der Waals surface area contributed by atoms with Gasteiger partial charge in [0.25, 0.3) is 5.91 Å². The van der Waals surface area contributed by atoms with E-state index in [1.807, 2.05) is 0 Å². The van der Waals surface area contributed by atoms with E-state index in [-0.39, 0.29) is 11.3 Å². The van der Waals surface area contributed by atoms with Crippen molar-refractivity contribution >= 4 is 22.6 Å². The predicted octanol–water partition coefficient (Wildman–Crippen LogP) is 1.20. The predicted molar refractivity (Wildman–Crippen MR) is 71.6 cm³/mol. The highest BCUT2D eigenvalue weighted by atomic mass is 16.5. The maximum atomic E-state index is 11.7. The number of carbonyl (C=O) groups excluding carboxylic acids is 2. The molecule has 0 heterocycles. The summed E-state index contributed by atoms with van der Waals surface area (Å²) in [7, 11) is 1.53. The van der Waals surface area contributed by atoms with Gasteiger partial charge in [0, 0.05) is 0 Å². The van der Waals surface area contributed by atoms with Crippen LogP contribution in [0.15, 0.2) is 30.3 Å². The van der Waals surface area contributed by atoms with Crippen LogP contribution in [0.2, 0.25) is 0 Å². The van der Waals surface area contributed by atoms with Crippen LogP contribution in [0.4, 0.5) is 0 Å². The summed E-state index contributed by atoms with van der Waals surface area (Å²) in [6, 6.07) is 8.13. The average Bonchev–Trinajstić information content (AvgIpc) is 2.43. The number of esters is 1. The molecule has 3 N–H and O–H groups in total. The van der Waals surface area contributed by atoms with Crippen LogP contribution in [0.3, 0.4) is 0 Å². The van der Waals surface area contributed by atoms with E-state index >= 15 is 0 Å². The van der Waals surface area contributed by atoms with Gasteiger partial charge in [0.2, 0.25) is 0 Å². The lowest BCUT2D eigenvalue weighted by Crippen LogP contribution is -2.20. The number of fused-ring (bicyclic) bond motifs is 1. The van der Waals surface area contributed by atoms with Gasteiger partial charge in [0.05, 0.1) is 7.11 Å². The number of ether oxygens (including phenoxy) is 2. The van der Waals surface area contributed by atoms with Crippen LogP contribution < -0.4 is 10.5 Å². The summed E-state index contributed by atoms with van der Waals surface area (Å²) in [5, 5.41) is 11.3. The van der Waals surface area contributed by atoms with Crippen LogP contribution >= 0.6 is 0 Å². The Morgan fingerprint density at radius 2 is 1.95 bits per heavy atom. The van der Waals surface area contributed by atoms with Crippen molar-refractivity contribution in [2.75, 3.05) is 13.7 Å². The van der Waals surface area contributed by atoms with Crippen LogP contribution in [0.5, 0.6) is 11.5 Å². The fraction of sp³-hybridized carbons (Fsp3) is 0.143. The van der Waals surface area contributed by atoms with Crippen LogP contribution in [0.1, 0.15) is 10.4 Å². The molecule has 2 aromatic carbocycles. The quantitative estimate of drug-likeness (QED) is 0.817. The zero-order valence-electron chi connectivity index (χ0n) is 10.8. The van der Waals surface area contributed by atoms with E-state index < -0.39 is 18.5 Å². The number of hydrogen-bond acceptors (Lipinski definition) is 5. The summed E-state index contributed by atoms with van der Waals surface area (Å²) >= 11 is 0. The molecule has 2 aromatic rings. The minimum Gasteiger partial charge on any atom is -0.507 e. The molecule has 0 radical (unpaired) electrons. The molecule has 0 fully saturated rings. The van der Waals surface area contributed by atoms with Crippen LogP contribution in [-0.2, 0) is 9.53 Å². The lowest BCUT2D eigenvalue weighted by atomic mass is 10.1. The summed E-state index contributed by atoms with van der Waals surface area (Å²) in [4.78, 5) is 22.3. The van der Waals surface area contributed by atoms with E-state index in [1.54, 1.807) is 18.2 Å². The highest BCUT2D eigenvalue weighted by Crippen LogP contribution is 2.28. The Morgan fingerprint density at radius 3 is 2.60 bits per heavy atom. The lowest BCUT2D eigenvalue weighted by molar-refractivity contribution is -0.121. The molecular weight excluding hydrogens is 262 g/mol. The third-order valence-electron chi connectivity index (χ3n) is 2.73. The summed E-state index contributed by atoms with van der Waals surface area (Å²) in [6.07, 6.45) is 0. The number of phenolic OH excluding ortho intramolecular Hbond substituents is 1. The van der Waals surface area contributed by atoms with Crippen molar-refractivity contribution in [1.82, 2.24) is 0 Å². The zero-order valence-corrected chi connectivity index (χ0v) is 10.8. The Balaban J connectivity index is 2.40. The van der Waals surface area contributed by atoms with Crippen molar-refractivity contribution in [2.45, 2.75) is 0 Å². The lowest BCUT2D eigenvalue weighted by Gasteiger charge is -2.08. The molecule has 2 rings (SSSR count). The molecule has 0 spiro atoms. The number of rotatable bonds is 4. The van der Waals surface area contributed by atoms with Crippen molar-refractivity contribution in [3.05, 3.63) is 35.9 Å². The van der Waals surface area contributed by atoms with E-state index in [0.717, 1.165) is 5.39 Å². The minimum absolute atomic E-state index is 0.0352. The highest BCUT2D eigenvalue weighted by Gasteiger charge is 2.15. The number of carbonyl (C=O) groups is 2. The SMILES string of the molecule is COc1ccc2cc(O)c(C(=O)OCC(N)=O)cc2c1. The van der Waals surface area contributed by atoms with Crippen LogP contribution in [0, 0.1) is 0 Å². The summed E-state index contributed by atoms with van der Waals surface area (Å²) < 4.78 is 9.76. The topological polar surface area (TPSA) is 98.8 Å². The molecule has 20 heavy (non-hydrogen) atoms. The smallest absolute Gasteiger partial charge is 0.342 e. The Hall–Kier alpha value is -2.76. The second-order valence-corrected chi connectivity index (χ2v) is 4.12. The average molecular weight is 275 g/mol. The van der Waals surface area contributed by atoms with E-state index in [9.17, 15) is 14.7 Å². The number of amides is 1. The Kier molecular flexibility index (Phi) is 3.74. The number of benzene rings is 2. The van der Waals surface area contributed by atoms with Gasteiger partial charge in [0.1, 0.15) is 17.1 Å². The third-order valence-corrected chi connectivity index (χ3v) is 2.73. The molecule has 0 aliphatic rings. The zero-order chi connectivity index (χ0) is 14.7. The first-order valence-corrected chi connectivity index (χ1v) is 5.77. The minimum atomic E-state index is -0.814. The second-order valence-electron chi connectivity index (χ2n) is 4.12. The number of methoxy groups -OCH3 is 1. The molecule has 0 aliphatic heterocycles. The number of hydrogen-bond donors (Lipinski definition) is 2. The molecule has 6 heteroatoms. The highest BCUT2D eigenvalue weighted by molar-refractivity contribution is 5.99. The Labute approximate surface area is 114 Å². The first kappa shape index (κ1) is 13.7. The monoisotopic (exact) mass is 275 g/mol. The molecule has 1 amide bonds. The fourth-order valence-electron chi connectivity index (χ4n) is 1.77. The van der Waals surface area contributed by atoms with Gasteiger partial charge in [0.15, 0.2) is 6.61 Å². The molecule has 0 saturated heterocycles. The molecule has 0 atom stereocenters. The first-order chi connectivity index (χ1) is 9.51. The van der Waals surface area contributed by atoms with Gasteiger partial charge in [-0.05, 0) is 35.0 Å². The summed E-state index contributed by atoms with van der Waals surface area (Å²) in [5.41, 5.74) is 4.85. The largest absolute Gasteiger partial charge is 0.507 e. The number of phenols is 1. The van der Waals surface area contributed by atoms with Gasteiger partial charge in [-0.15, -0.1) is 0 Å². The van der Waals surface area contributed by atoms with Crippen LogP contribution in [-0.4, -0.2) is 30.7 Å². The van der Waals surface area contributed by atoms with Crippen molar-refractivity contribution in [3.8, 4) is 11.5 Å². The van der Waals surface area contributed by atoms with E-state index in [4.69, 9.17) is 10.5 Å². The van der Waals surface area contributed by atoms with Gasteiger partial charge < -0.3 is 20.3 Å². The summed E-state index contributed by atoms with van der Waals surface area (Å²) in [6.45, 7) is -0.533. The Morgan fingerprint density at radius 1 is 1.20 bits per heavy atom. The van der Waals surface area contributed by atoms with Crippen molar-refractivity contribution in [2.24, 2.45) is 5.73 Å². The first-order valence-electron chi connectivity index (χ1n) is 5.77. The van der Waals surface area contributed by atoms with Crippen molar-refractivity contribution in [3.63, 3.8) is 0 Å². The standard InChI is InChI=1S/C14H13NO5/c1-19-10-3-2-8-6-12(16)11(5-9(8)4-10)14(18)20-7-13(15)17/h2-6,16H,7H2,1H3,(H2,15,17). The number of nitrogens with two attached hydrogens (primary N) is 1. The number of primary amides is 1. The van der Waals surface area contributed by atoms with Gasteiger partial charge in [-0.2, -0.15) is 0 Å². The normalized spacial score (nSPS) is 10.2. The molecule has 0 unspecified atom stereocenters. The molecule has 6 nitrogen and oxygen atoms in total. The van der Waals surface area contributed by atoms with Gasteiger partial charge in [-0.3, -0.25) is 4.79 Å². The maximum absolute atomic E-state index is 11.7. The fourth-order valence-corrected chi connectivity index (χ4v) is 1.77. The molecule has 0 aliphatic carbocycles. The van der Waals surface area contributed by atoms with E-state index in [0.29, 0.717) is 11.1 Å². The number of aromatic hydroxyl groups is 1. The molecule has 0 saturated carbocycles. The van der Waals surface area contributed by atoms with Crippen LogP contribution in [0.25, 0.3) is 10.8 Å².